The van der Waals surface area contributed by atoms with Crippen LogP contribution in [0.1, 0.15) is 36.8 Å². The van der Waals surface area contributed by atoms with E-state index in [1.807, 2.05) is 0 Å². The standard InChI is InChI=1S/C16H18F4N2O2/c17-13-4-3-10(8-12(13)16(18,19)20)15(5-6-15)21-9-11-2-1-7-22(11)14(23)24/h3-4,8,11,21H,1-2,5-7,9H2,(H,23,24)/t11-/m1/s1. The smallest absolute Gasteiger partial charge is 0.419 e. The van der Waals surface area contributed by atoms with Crippen LogP contribution in [0.4, 0.5) is 22.4 Å². The van der Waals surface area contributed by atoms with Crippen LogP contribution in [0.15, 0.2) is 18.2 Å². The summed E-state index contributed by atoms with van der Waals surface area (Å²) < 4.78 is 52.1. The quantitative estimate of drug-likeness (QED) is 0.820. The van der Waals surface area contributed by atoms with Gasteiger partial charge in [0.15, 0.2) is 0 Å². The maximum Gasteiger partial charge on any atom is 0.419 e. The number of likely N-dealkylation sites (tertiary alicyclic amines) is 1. The number of hydrogen-bond acceptors (Lipinski definition) is 2. The van der Waals surface area contributed by atoms with E-state index in [0.29, 0.717) is 31.5 Å². The largest absolute Gasteiger partial charge is 0.465 e. The molecular formula is C16H18F4N2O2. The van der Waals surface area contributed by atoms with Crippen LogP contribution in [-0.4, -0.2) is 35.2 Å². The lowest BCUT2D eigenvalue weighted by atomic mass is 10.0. The molecule has 1 aromatic carbocycles. The molecule has 1 atom stereocenters. The molecule has 24 heavy (non-hydrogen) atoms. The number of hydrogen-bond donors (Lipinski definition) is 2. The highest BCUT2D eigenvalue weighted by Crippen LogP contribution is 2.47. The normalized spacial score (nSPS) is 22.7. The summed E-state index contributed by atoms with van der Waals surface area (Å²) in [6, 6.07) is 2.90. The first-order chi connectivity index (χ1) is 11.2. The van der Waals surface area contributed by atoms with Gasteiger partial charge in [-0.05, 0) is 43.4 Å². The van der Waals surface area contributed by atoms with Crippen molar-refractivity contribution in [1.29, 1.82) is 0 Å². The fourth-order valence-electron chi connectivity index (χ4n) is 3.35. The van der Waals surface area contributed by atoms with Crippen LogP contribution < -0.4 is 5.32 Å². The third-order valence-corrected chi connectivity index (χ3v) is 4.87. The first kappa shape index (κ1) is 17.0. The van der Waals surface area contributed by atoms with Gasteiger partial charge in [0, 0.05) is 24.7 Å². The SMILES string of the molecule is O=C(O)N1CCC[C@@H]1CNC1(c2ccc(F)c(C(F)(F)F)c2)CC1. The van der Waals surface area contributed by atoms with Crippen molar-refractivity contribution in [2.45, 2.75) is 43.4 Å². The predicted octanol–water partition coefficient (Wildman–Crippen LogP) is 3.57. The summed E-state index contributed by atoms with van der Waals surface area (Å²) in [6.45, 7) is 0.856. The van der Waals surface area contributed by atoms with E-state index in [4.69, 9.17) is 5.11 Å². The van der Waals surface area contributed by atoms with Crippen molar-refractivity contribution >= 4 is 6.09 Å². The Morgan fingerprint density at radius 2 is 2.08 bits per heavy atom. The Labute approximate surface area is 136 Å². The number of nitrogens with zero attached hydrogens (tertiary/aromatic N) is 1. The van der Waals surface area contributed by atoms with Crippen LogP contribution in [-0.2, 0) is 11.7 Å². The monoisotopic (exact) mass is 346 g/mol. The Kier molecular flexibility index (Phi) is 4.19. The van der Waals surface area contributed by atoms with Crippen molar-refractivity contribution in [2.75, 3.05) is 13.1 Å². The lowest BCUT2D eigenvalue weighted by molar-refractivity contribution is -0.140. The second-order valence-electron chi connectivity index (χ2n) is 6.43. The van der Waals surface area contributed by atoms with Crippen molar-refractivity contribution < 1.29 is 27.5 Å². The zero-order valence-corrected chi connectivity index (χ0v) is 12.9. The zero-order chi connectivity index (χ0) is 17.5. The molecule has 0 unspecified atom stereocenters. The van der Waals surface area contributed by atoms with Crippen molar-refractivity contribution in [3.8, 4) is 0 Å². The van der Waals surface area contributed by atoms with Crippen LogP contribution in [0.2, 0.25) is 0 Å². The van der Waals surface area contributed by atoms with E-state index >= 15 is 0 Å². The number of halogens is 4. The summed E-state index contributed by atoms with van der Waals surface area (Å²) in [5.41, 5.74) is -1.47. The molecule has 1 heterocycles. The number of carboxylic acid groups (broad SMARTS) is 1. The molecule has 0 spiro atoms. The minimum Gasteiger partial charge on any atom is -0.465 e. The minimum absolute atomic E-state index is 0.178. The summed E-state index contributed by atoms with van der Waals surface area (Å²) in [5, 5.41) is 12.4. The molecule has 1 saturated carbocycles. The van der Waals surface area contributed by atoms with Crippen LogP contribution in [0.3, 0.4) is 0 Å². The number of alkyl halides is 3. The molecule has 8 heteroatoms. The third-order valence-electron chi connectivity index (χ3n) is 4.87. The lowest BCUT2D eigenvalue weighted by Crippen LogP contribution is -2.44. The molecule has 0 aromatic heterocycles. The molecule has 3 rings (SSSR count). The predicted molar refractivity (Wildman–Crippen MR) is 78.1 cm³/mol. The molecule has 1 amide bonds. The van der Waals surface area contributed by atoms with Gasteiger partial charge in [-0.2, -0.15) is 13.2 Å². The van der Waals surface area contributed by atoms with Crippen LogP contribution in [0.25, 0.3) is 0 Å². The van der Waals surface area contributed by atoms with Crippen LogP contribution in [0.5, 0.6) is 0 Å². The summed E-state index contributed by atoms with van der Waals surface area (Å²) >= 11 is 0. The lowest BCUT2D eigenvalue weighted by Gasteiger charge is -2.26. The molecule has 0 bridgehead atoms. The van der Waals surface area contributed by atoms with Gasteiger partial charge in [0.25, 0.3) is 0 Å². The topological polar surface area (TPSA) is 52.6 Å². The molecule has 1 aliphatic heterocycles. The highest BCUT2D eigenvalue weighted by Gasteiger charge is 2.46. The van der Waals surface area contributed by atoms with Crippen molar-refractivity contribution in [2.24, 2.45) is 0 Å². The molecule has 0 radical (unpaired) electrons. The molecule has 2 fully saturated rings. The van der Waals surface area contributed by atoms with E-state index in [9.17, 15) is 22.4 Å². The fraction of sp³-hybridized carbons (Fsp3) is 0.562. The summed E-state index contributed by atoms with van der Waals surface area (Å²) in [5.74, 6) is -1.28. The molecular weight excluding hydrogens is 328 g/mol. The molecule has 132 valence electrons. The second-order valence-corrected chi connectivity index (χ2v) is 6.43. The van der Waals surface area contributed by atoms with E-state index in [2.05, 4.69) is 5.32 Å². The van der Waals surface area contributed by atoms with Crippen molar-refractivity contribution in [3.05, 3.63) is 35.1 Å². The van der Waals surface area contributed by atoms with Gasteiger partial charge in [0.05, 0.1) is 5.56 Å². The summed E-state index contributed by atoms with van der Waals surface area (Å²) in [7, 11) is 0. The van der Waals surface area contributed by atoms with Gasteiger partial charge in [-0.1, -0.05) is 6.07 Å². The molecule has 4 nitrogen and oxygen atoms in total. The number of benzene rings is 1. The highest BCUT2D eigenvalue weighted by molar-refractivity contribution is 5.65. The van der Waals surface area contributed by atoms with Crippen molar-refractivity contribution in [3.63, 3.8) is 0 Å². The van der Waals surface area contributed by atoms with Crippen LogP contribution >= 0.6 is 0 Å². The van der Waals surface area contributed by atoms with Gasteiger partial charge in [0.2, 0.25) is 0 Å². The third kappa shape index (κ3) is 3.19. The fourth-order valence-corrected chi connectivity index (χ4v) is 3.35. The van der Waals surface area contributed by atoms with Gasteiger partial charge in [-0.15, -0.1) is 0 Å². The number of amides is 1. The van der Waals surface area contributed by atoms with Gasteiger partial charge in [-0.3, -0.25) is 0 Å². The zero-order valence-electron chi connectivity index (χ0n) is 12.9. The van der Waals surface area contributed by atoms with Gasteiger partial charge in [-0.25, -0.2) is 9.18 Å². The minimum atomic E-state index is -4.73. The summed E-state index contributed by atoms with van der Waals surface area (Å²) in [6.07, 6.45) is -2.91. The maximum absolute atomic E-state index is 13.4. The Morgan fingerprint density at radius 3 is 2.67 bits per heavy atom. The first-order valence-corrected chi connectivity index (χ1v) is 7.85. The molecule has 1 aliphatic carbocycles. The van der Waals surface area contributed by atoms with Gasteiger partial charge < -0.3 is 15.3 Å². The number of carbonyl (C=O) groups is 1. The van der Waals surface area contributed by atoms with E-state index in [0.717, 1.165) is 25.0 Å². The number of nitrogens with one attached hydrogen (secondary N) is 1. The molecule has 1 saturated heterocycles. The van der Waals surface area contributed by atoms with Crippen LogP contribution in [0, 0.1) is 5.82 Å². The Hall–Kier alpha value is -1.83. The second kappa shape index (κ2) is 5.91. The Balaban J connectivity index is 1.74. The average molecular weight is 346 g/mol. The van der Waals surface area contributed by atoms with Gasteiger partial charge >= 0.3 is 12.3 Å². The maximum atomic E-state index is 13.4. The van der Waals surface area contributed by atoms with E-state index in [1.54, 1.807) is 0 Å². The Morgan fingerprint density at radius 1 is 1.38 bits per heavy atom. The van der Waals surface area contributed by atoms with E-state index in [-0.39, 0.29) is 6.04 Å². The molecule has 2 N–H and O–H groups in total. The highest BCUT2D eigenvalue weighted by atomic mass is 19.4. The Bertz CT molecular complexity index is 643. The average Bonchev–Trinajstić information content (AvgIpc) is 3.13. The van der Waals surface area contributed by atoms with Crippen molar-refractivity contribution in [1.82, 2.24) is 10.2 Å². The van der Waals surface area contributed by atoms with E-state index in [1.165, 1.54) is 11.0 Å². The summed E-state index contributed by atoms with van der Waals surface area (Å²) in [4.78, 5) is 12.5. The number of rotatable bonds is 4. The molecule has 1 aromatic rings. The first-order valence-electron chi connectivity index (χ1n) is 7.85. The molecule has 2 aliphatic rings. The van der Waals surface area contributed by atoms with Gasteiger partial charge in [0.1, 0.15) is 5.82 Å². The van der Waals surface area contributed by atoms with E-state index < -0.39 is 29.2 Å².